The number of aromatic nitrogens is 2. The maximum atomic E-state index is 12.0. The van der Waals surface area contributed by atoms with Crippen molar-refractivity contribution in [1.29, 1.82) is 0 Å². The van der Waals surface area contributed by atoms with Gasteiger partial charge in [-0.05, 0) is 13.8 Å². The van der Waals surface area contributed by atoms with Crippen LogP contribution in [0.5, 0.6) is 5.88 Å². The lowest BCUT2D eigenvalue weighted by molar-refractivity contribution is -0.00627. The summed E-state index contributed by atoms with van der Waals surface area (Å²) in [5.74, 6) is 0.354. The second-order valence-electron chi connectivity index (χ2n) is 4.44. The number of aryl methyl sites for hydroxylation is 1. The Hall–Kier alpha value is -0.670. The maximum absolute atomic E-state index is 12.0. The smallest absolute Gasteiger partial charge is 0.352 e. The van der Waals surface area contributed by atoms with E-state index in [0.717, 1.165) is 5.56 Å². The zero-order valence-corrected chi connectivity index (χ0v) is 13.0. The molecule has 1 saturated heterocycles. The molecule has 2 rings (SSSR count). The van der Waals surface area contributed by atoms with E-state index in [0.29, 0.717) is 23.3 Å². The highest BCUT2D eigenvalue weighted by molar-refractivity contribution is 14.1. The number of aliphatic hydroxyl groups is 1. The van der Waals surface area contributed by atoms with Crippen molar-refractivity contribution < 1.29 is 14.6 Å². The molecule has 0 saturated carbocycles. The third-order valence-electron chi connectivity index (χ3n) is 3.04. The zero-order chi connectivity index (χ0) is 14.0. The molecule has 0 spiro atoms. The van der Waals surface area contributed by atoms with Gasteiger partial charge >= 0.3 is 5.69 Å². The molecular weight excluding hydrogens is 363 g/mol. The average Bonchev–Trinajstić information content (AvgIpc) is 2.75. The number of hydrogen-bond acceptors (Lipinski definition) is 5. The van der Waals surface area contributed by atoms with Crippen LogP contribution in [-0.2, 0) is 4.74 Å². The fraction of sp³-hybridized carbons (Fsp3) is 0.667. The maximum Gasteiger partial charge on any atom is 0.352 e. The minimum absolute atomic E-state index is 0.232. The topological polar surface area (TPSA) is 73.6 Å². The largest absolute Gasteiger partial charge is 0.478 e. The van der Waals surface area contributed by atoms with Crippen LogP contribution in [0.15, 0.2) is 11.0 Å². The number of alkyl halides is 1. The summed E-state index contributed by atoms with van der Waals surface area (Å²) in [5.41, 5.74) is 0.359. The predicted molar refractivity (Wildman–Crippen MR) is 77.8 cm³/mol. The van der Waals surface area contributed by atoms with Crippen LogP contribution in [0.1, 0.15) is 25.1 Å². The second-order valence-corrected chi connectivity index (χ2v) is 5.32. The summed E-state index contributed by atoms with van der Waals surface area (Å²) in [6.07, 6.45) is 0.852. The predicted octanol–water partition coefficient (Wildman–Crippen LogP) is 1.03. The van der Waals surface area contributed by atoms with Crippen molar-refractivity contribution in [1.82, 2.24) is 9.55 Å². The molecular formula is C12H17IN2O4. The minimum atomic E-state index is -0.541. The quantitative estimate of drug-likeness (QED) is 0.624. The van der Waals surface area contributed by atoms with E-state index in [2.05, 4.69) is 27.6 Å². The summed E-state index contributed by atoms with van der Waals surface area (Å²) in [6, 6.07) is 0. The van der Waals surface area contributed by atoms with E-state index in [9.17, 15) is 9.90 Å². The highest BCUT2D eigenvalue weighted by atomic mass is 127. The van der Waals surface area contributed by atoms with E-state index < -0.39 is 18.0 Å². The Morgan fingerprint density at radius 1 is 1.68 bits per heavy atom. The van der Waals surface area contributed by atoms with Crippen LogP contribution < -0.4 is 10.4 Å². The SMILES string of the molecule is CCOc1nc(=O)n([C@@H]2C[C@H](O)[C@@H](CI)O2)cc1C. The molecule has 1 fully saturated rings. The Kier molecular flexibility index (Phi) is 4.80. The Bertz CT molecular complexity index is 505. The Labute approximate surface area is 124 Å². The lowest BCUT2D eigenvalue weighted by atomic mass is 10.2. The van der Waals surface area contributed by atoms with E-state index in [1.165, 1.54) is 4.57 Å². The van der Waals surface area contributed by atoms with Crippen molar-refractivity contribution in [2.75, 3.05) is 11.0 Å². The molecule has 0 amide bonds. The Morgan fingerprint density at radius 2 is 2.42 bits per heavy atom. The summed E-state index contributed by atoms with van der Waals surface area (Å²) in [6.45, 7) is 4.13. The van der Waals surface area contributed by atoms with Gasteiger partial charge in [0.05, 0.1) is 18.8 Å². The molecule has 1 aliphatic rings. The third-order valence-corrected chi connectivity index (χ3v) is 3.90. The lowest BCUT2D eigenvalue weighted by Crippen LogP contribution is -2.28. The highest BCUT2D eigenvalue weighted by Crippen LogP contribution is 2.29. The molecule has 7 heteroatoms. The Balaban J connectivity index is 2.27. The molecule has 106 valence electrons. The van der Waals surface area contributed by atoms with E-state index in [1.54, 1.807) is 6.20 Å². The normalized spacial score (nSPS) is 26.6. The molecule has 0 unspecified atom stereocenters. The molecule has 2 heterocycles. The van der Waals surface area contributed by atoms with Gasteiger partial charge in [0.1, 0.15) is 6.23 Å². The van der Waals surface area contributed by atoms with Crippen LogP contribution in [-0.4, -0.2) is 37.9 Å². The molecule has 0 aromatic carbocycles. The fourth-order valence-corrected chi connectivity index (χ4v) is 2.86. The molecule has 0 aliphatic carbocycles. The molecule has 0 radical (unpaired) electrons. The van der Waals surface area contributed by atoms with Crippen LogP contribution in [0.2, 0.25) is 0 Å². The van der Waals surface area contributed by atoms with Crippen molar-refractivity contribution in [2.45, 2.75) is 38.7 Å². The van der Waals surface area contributed by atoms with Crippen LogP contribution in [0.3, 0.4) is 0 Å². The summed E-state index contributed by atoms with van der Waals surface area (Å²) >= 11 is 2.16. The van der Waals surface area contributed by atoms with E-state index in [-0.39, 0.29) is 6.10 Å². The number of ether oxygens (including phenoxy) is 2. The van der Waals surface area contributed by atoms with Crippen molar-refractivity contribution in [3.05, 3.63) is 22.2 Å². The molecule has 3 atom stereocenters. The van der Waals surface area contributed by atoms with Gasteiger partial charge < -0.3 is 14.6 Å². The van der Waals surface area contributed by atoms with Gasteiger partial charge in [-0.25, -0.2) is 4.79 Å². The van der Waals surface area contributed by atoms with E-state index in [1.807, 2.05) is 13.8 Å². The number of aliphatic hydroxyl groups excluding tert-OH is 1. The molecule has 0 bridgehead atoms. The van der Waals surface area contributed by atoms with Crippen molar-refractivity contribution in [3.8, 4) is 5.88 Å². The van der Waals surface area contributed by atoms with Gasteiger partial charge in [0.15, 0.2) is 0 Å². The molecule has 1 aromatic heterocycles. The standard InChI is InChI=1S/C12H17IN2O4/c1-3-18-11-7(2)6-15(12(17)14-11)10-4-8(16)9(5-13)19-10/h6,8-10,16H,3-5H2,1-2H3/t8-,9+,10-/m0/s1. The number of nitrogens with zero attached hydrogens (tertiary/aromatic N) is 2. The Morgan fingerprint density at radius 3 is 3.00 bits per heavy atom. The van der Waals surface area contributed by atoms with Gasteiger partial charge in [0.2, 0.25) is 5.88 Å². The van der Waals surface area contributed by atoms with Crippen molar-refractivity contribution in [3.63, 3.8) is 0 Å². The number of halogens is 1. The van der Waals surface area contributed by atoms with Crippen LogP contribution in [0, 0.1) is 6.92 Å². The van der Waals surface area contributed by atoms with Gasteiger partial charge in [0.25, 0.3) is 0 Å². The van der Waals surface area contributed by atoms with Crippen molar-refractivity contribution in [2.24, 2.45) is 0 Å². The van der Waals surface area contributed by atoms with Gasteiger partial charge in [-0.2, -0.15) is 4.98 Å². The zero-order valence-electron chi connectivity index (χ0n) is 10.9. The number of rotatable bonds is 4. The summed E-state index contributed by atoms with van der Waals surface area (Å²) in [4.78, 5) is 15.9. The van der Waals surface area contributed by atoms with E-state index in [4.69, 9.17) is 9.47 Å². The molecule has 1 aliphatic heterocycles. The van der Waals surface area contributed by atoms with Crippen LogP contribution in [0.4, 0.5) is 0 Å². The molecule has 1 aromatic rings. The van der Waals surface area contributed by atoms with Gasteiger partial charge in [-0.1, -0.05) is 22.6 Å². The van der Waals surface area contributed by atoms with Crippen molar-refractivity contribution >= 4 is 22.6 Å². The number of hydrogen-bond donors (Lipinski definition) is 1. The molecule has 6 nitrogen and oxygen atoms in total. The monoisotopic (exact) mass is 380 g/mol. The van der Waals surface area contributed by atoms with Gasteiger partial charge in [-0.15, -0.1) is 0 Å². The average molecular weight is 380 g/mol. The van der Waals surface area contributed by atoms with E-state index >= 15 is 0 Å². The first-order valence-corrected chi connectivity index (χ1v) is 7.71. The summed E-state index contributed by atoms with van der Waals surface area (Å²) in [5, 5.41) is 9.83. The molecule has 1 N–H and O–H groups in total. The first-order chi connectivity index (χ1) is 9.06. The fourth-order valence-electron chi connectivity index (χ4n) is 2.07. The highest BCUT2D eigenvalue weighted by Gasteiger charge is 2.34. The lowest BCUT2D eigenvalue weighted by Gasteiger charge is -2.16. The first kappa shape index (κ1) is 14.7. The van der Waals surface area contributed by atoms with Crippen LogP contribution in [0.25, 0.3) is 0 Å². The summed E-state index contributed by atoms with van der Waals surface area (Å²) < 4.78 is 13.1. The second kappa shape index (κ2) is 6.19. The molecule has 19 heavy (non-hydrogen) atoms. The summed E-state index contributed by atoms with van der Waals surface area (Å²) in [7, 11) is 0. The first-order valence-electron chi connectivity index (χ1n) is 6.18. The van der Waals surface area contributed by atoms with Gasteiger partial charge in [0, 0.05) is 22.6 Å². The third kappa shape index (κ3) is 3.09. The van der Waals surface area contributed by atoms with Crippen LogP contribution >= 0.6 is 22.6 Å². The van der Waals surface area contributed by atoms with Gasteiger partial charge in [-0.3, -0.25) is 4.57 Å². The minimum Gasteiger partial charge on any atom is -0.478 e.